The van der Waals surface area contributed by atoms with E-state index in [-0.39, 0.29) is 17.9 Å². The molecule has 1 N–H and O–H groups in total. The number of aromatic nitrogens is 3. The van der Waals surface area contributed by atoms with Crippen molar-refractivity contribution in [1.82, 2.24) is 19.3 Å². The van der Waals surface area contributed by atoms with Crippen LogP contribution in [0.4, 0.5) is 0 Å². The summed E-state index contributed by atoms with van der Waals surface area (Å²) in [5.74, 6) is 0.177. The number of benzene rings is 2. The van der Waals surface area contributed by atoms with Crippen LogP contribution in [0.3, 0.4) is 0 Å². The molecule has 1 amide bonds. The van der Waals surface area contributed by atoms with Gasteiger partial charge in [0.2, 0.25) is 5.82 Å². The van der Waals surface area contributed by atoms with E-state index >= 15 is 0 Å². The number of fused-ring (bicyclic) bond motifs is 2. The molecule has 6 rings (SSSR count). The van der Waals surface area contributed by atoms with Crippen molar-refractivity contribution >= 4 is 11.4 Å². The van der Waals surface area contributed by atoms with Crippen LogP contribution in [0.2, 0.25) is 0 Å². The third-order valence-electron chi connectivity index (χ3n) is 7.91. The highest BCUT2D eigenvalue weighted by molar-refractivity contribution is 5.95. The fourth-order valence-electron chi connectivity index (χ4n) is 6.19. The number of hydrogen-bond acceptors (Lipinski definition) is 5. The molecule has 1 saturated heterocycles. The lowest BCUT2D eigenvalue weighted by Gasteiger charge is -2.52. The first-order valence-electron chi connectivity index (χ1n) is 12.5. The largest absolute Gasteiger partial charge is 0.385 e. The molecular weight excluding hydrogens is 450 g/mol. The van der Waals surface area contributed by atoms with Gasteiger partial charge in [-0.25, -0.2) is 4.98 Å². The number of carbonyl (C=O) groups excluding carboxylic acids is 1. The zero-order valence-electron chi connectivity index (χ0n) is 19.9. The lowest BCUT2D eigenvalue weighted by atomic mass is 9.66. The first-order chi connectivity index (χ1) is 17.6. The zero-order valence-corrected chi connectivity index (χ0v) is 19.9. The number of nitriles is 1. The molecule has 0 spiro atoms. The Balaban J connectivity index is 1.40. The quantitative estimate of drug-likeness (QED) is 0.467. The number of carbonyl (C=O) groups is 1. The Hall–Kier alpha value is -4.02. The van der Waals surface area contributed by atoms with Crippen molar-refractivity contribution in [3.63, 3.8) is 0 Å². The lowest BCUT2D eigenvalue weighted by Crippen LogP contribution is -2.59. The molecule has 0 unspecified atom stereocenters. The lowest BCUT2D eigenvalue weighted by molar-refractivity contribution is -0.110. The molecule has 7 nitrogen and oxygen atoms in total. The number of imidazole rings is 1. The van der Waals surface area contributed by atoms with Crippen LogP contribution in [0.5, 0.6) is 0 Å². The second-order valence-corrected chi connectivity index (χ2v) is 9.81. The third kappa shape index (κ3) is 3.57. The van der Waals surface area contributed by atoms with E-state index in [1.807, 2.05) is 47.4 Å². The number of amides is 1. The highest BCUT2D eigenvalue weighted by Gasteiger charge is 2.50. The summed E-state index contributed by atoms with van der Waals surface area (Å²) in [5, 5.41) is 21.2. The molecule has 1 aliphatic heterocycles. The Morgan fingerprint density at radius 2 is 1.94 bits per heavy atom. The summed E-state index contributed by atoms with van der Waals surface area (Å²) in [5.41, 5.74) is 2.64. The summed E-state index contributed by atoms with van der Waals surface area (Å²) < 4.78 is 1.79. The molecule has 1 aliphatic carbocycles. The van der Waals surface area contributed by atoms with Gasteiger partial charge in [-0.1, -0.05) is 55.3 Å². The van der Waals surface area contributed by atoms with E-state index in [1.54, 1.807) is 35.1 Å². The smallest absolute Gasteiger partial charge is 0.290 e. The summed E-state index contributed by atoms with van der Waals surface area (Å²) in [7, 11) is 0. The Bertz CT molecular complexity index is 1470. The van der Waals surface area contributed by atoms with Crippen molar-refractivity contribution in [2.45, 2.75) is 43.7 Å². The van der Waals surface area contributed by atoms with E-state index in [2.05, 4.69) is 11.1 Å². The molecule has 0 radical (unpaired) electrons. The first kappa shape index (κ1) is 22.4. The zero-order chi connectivity index (χ0) is 24.7. The van der Waals surface area contributed by atoms with Gasteiger partial charge in [0.25, 0.3) is 5.91 Å². The van der Waals surface area contributed by atoms with E-state index in [9.17, 15) is 15.2 Å². The van der Waals surface area contributed by atoms with Gasteiger partial charge in [-0.15, -0.1) is 0 Å². The topological polar surface area (TPSA) is 94.5 Å². The van der Waals surface area contributed by atoms with E-state index in [4.69, 9.17) is 4.98 Å². The maximum atomic E-state index is 14.1. The highest BCUT2D eigenvalue weighted by atomic mass is 16.3. The van der Waals surface area contributed by atoms with Crippen LogP contribution in [0.1, 0.15) is 53.8 Å². The number of likely N-dealkylation sites (tertiary alicyclic amines) is 1. The van der Waals surface area contributed by atoms with Crippen molar-refractivity contribution in [1.29, 1.82) is 5.26 Å². The molecule has 1 saturated carbocycles. The van der Waals surface area contributed by atoms with Gasteiger partial charge in [0.1, 0.15) is 0 Å². The fourth-order valence-corrected chi connectivity index (χ4v) is 6.19. The minimum atomic E-state index is -0.940. The molecule has 4 aromatic rings. The van der Waals surface area contributed by atoms with E-state index in [0.717, 1.165) is 36.8 Å². The summed E-state index contributed by atoms with van der Waals surface area (Å²) in [6.07, 6.45) is 9.44. The van der Waals surface area contributed by atoms with Crippen LogP contribution < -0.4 is 0 Å². The second kappa shape index (κ2) is 8.89. The molecule has 2 aromatic heterocycles. The average Bonchev–Trinajstić information content (AvgIpc) is 3.33. The minimum absolute atomic E-state index is 0.0222. The standard InChI is InChI=1S/C29H27N5O2/c30-18-20-7-6-8-21(17-20)26-25-19-31-14-16-33(25)27(32-26)28(35)34-15-13-29(36,22-9-2-1-3-10-22)23-11-4-5-12-24(23)34/h1-3,6-10,14,16-17,19,23-24,36H,4-5,11-13,15H2/t23-,24+,29-/m0/s1. The number of rotatable bonds is 3. The number of hydrogen-bond donors (Lipinski definition) is 1. The highest BCUT2D eigenvalue weighted by Crippen LogP contribution is 2.47. The van der Waals surface area contributed by atoms with Crippen LogP contribution in [0, 0.1) is 17.2 Å². The molecule has 36 heavy (non-hydrogen) atoms. The van der Waals surface area contributed by atoms with Crippen molar-refractivity contribution in [2.75, 3.05) is 6.54 Å². The van der Waals surface area contributed by atoms with Crippen molar-refractivity contribution in [3.8, 4) is 17.3 Å². The molecule has 180 valence electrons. The van der Waals surface area contributed by atoms with Gasteiger partial charge >= 0.3 is 0 Å². The number of nitrogens with zero attached hydrogens (tertiary/aromatic N) is 5. The monoisotopic (exact) mass is 477 g/mol. The molecule has 2 fully saturated rings. The summed E-state index contributed by atoms with van der Waals surface area (Å²) in [6.45, 7) is 0.463. The normalized spacial score (nSPS) is 23.7. The summed E-state index contributed by atoms with van der Waals surface area (Å²) in [4.78, 5) is 25.1. The van der Waals surface area contributed by atoms with Gasteiger partial charge in [-0.2, -0.15) is 5.26 Å². The first-order valence-corrected chi connectivity index (χ1v) is 12.5. The maximum Gasteiger partial charge on any atom is 0.290 e. The van der Waals surface area contributed by atoms with E-state index in [0.29, 0.717) is 35.6 Å². The van der Waals surface area contributed by atoms with Gasteiger partial charge in [-0.05, 0) is 37.0 Å². The Morgan fingerprint density at radius 1 is 1.11 bits per heavy atom. The van der Waals surface area contributed by atoms with E-state index in [1.165, 1.54) is 0 Å². The molecule has 3 heterocycles. The molecule has 2 aliphatic rings. The number of piperidine rings is 1. The van der Waals surface area contributed by atoms with Crippen LogP contribution in [0.15, 0.2) is 73.2 Å². The second-order valence-electron chi connectivity index (χ2n) is 9.81. The average molecular weight is 478 g/mol. The van der Waals surface area contributed by atoms with Gasteiger partial charge in [-0.3, -0.25) is 14.2 Å². The maximum absolute atomic E-state index is 14.1. The molecule has 0 bridgehead atoms. The molecular formula is C29H27N5O2. The van der Waals surface area contributed by atoms with E-state index < -0.39 is 5.60 Å². The summed E-state index contributed by atoms with van der Waals surface area (Å²) >= 11 is 0. The predicted octanol–water partition coefficient (Wildman–Crippen LogP) is 4.56. The Morgan fingerprint density at radius 3 is 2.78 bits per heavy atom. The molecule has 3 atom stereocenters. The van der Waals surface area contributed by atoms with Gasteiger partial charge in [0.05, 0.1) is 34.6 Å². The van der Waals surface area contributed by atoms with Crippen molar-refractivity contribution in [2.24, 2.45) is 5.92 Å². The Labute approximate surface area is 209 Å². The minimum Gasteiger partial charge on any atom is -0.385 e. The third-order valence-corrected chi connectivity index (χ3v) is 7.91. The SMILES string of the molecule is N#Cc1cccc(-c2nc(C(=O)N3CC[C@](O)(c4ccccc4)[C@H]4CCCC[C@H]43)n3ccncc23)c1. The predicted molar refractivity (Wildman–Crippen MR) is 135 cm³/mol. The molecule has 7 heteroatoms. The van der Waals surface area contributed by atoms with Crippen LogP contribution in [0.25, 0.3) is 16.8 Å². The molecule has 2 aromatic carbocycles. The Kier molecular flexibility index (Phi) is 5.54. The van der Waals surface area contributed by atoms with Gasteiger partial charge in [0.15, 0.2) is 0 Å². The van der Waals surface area contributed by atoms with Gasteiger partial charge in [0, 0.05) is 36.5 Å². The van der Waals surface area contributed by atoms with Crippen molar-refractivity contribution in [3.05, 3.63) is 90.1 Å². The van der Waals surface area contributed by atoms with Gasteiger partial charge < -0.3 is 10.0 Å². The number of aliphatic hydroxyl groups is 1. The van der Waals surface area contributed by atoms with Crippen LogP contribution >= 0.6 is 0 Å². The van der Waals surface area contributed by atoms with Crippen LogP contribution in [-0.2, 0) is 5.60 Å². The van der Waals surface area contributed by atoms with Crippen molar-refractivity contribution < 1.29 is 9.90 Å². The van der Waals surface area contributed by atoms with Crippen LogP contribution in [-0.4, -0.2) is 42.9 Å². The fraction of sp³-hybridized carbons (Fsp3) is 0.310. The summed E-state index contributed by atoms with van der Waals surface area (Å²) in [6, 6.07) is 19.3.